The SMILES string of the molecule is C=C/C=C(/C)C=C.CC(CCc1ccccc1)c1ccccc1. The van der Waals surface area contributed by atoms with Gasteiger partial charge in [-0.15, -0.1) is 0 Å². The predicted molar refractivity (Wildman–Crippen MR) is 104 cm³/mol. The third-order valence-electron chi connectivity index (χ3n) is 3.78. The molecule has 0 spiro atoms. The van der Waals surface area contributed by atoms with Crippen molar-refractivity contribution in [3.8, 4) is 0 Å². The Labute approximate surface area is 141 Å². The molecule has 2 aromatic carbocycles. The highest BCUT2D eigenvalue weighted by Crippen LogP contribution is 2.20. The molecule has 120 valence electrons. The minimum atomic E-state index is 0.640. The molecule has 0 heteroatoms. The van der Waals surface area contributed by atoms with E-state index in [4.69, 9.17) is 0 Å². The van der Waals surface area contributed by atoms with Crippen LogP contribution in [0, 0.1) is 0 Å². The minimum Gasteiger partial charge on any atom is -0.0991 e. The maximum absolute atomic E-state index is 3.56. The van der Waals surface area contributed by atoms with E-state index in [2.05, 4.69) is 80.7 Å². The lowest BCUT2D eigenvalue weighted by Crippen LogP contribution is -1.95. The summed E-state index contributed by atoms with van der Waals surface area (Å²) in [4.78, 5) is 0. The first-order valence-corrected chi connectivity index (χ1v) is 8.18. The van der Waals surface area contributed by atoms with Crippen LogP contribution in [0.15, 0.2) is 97.6 Å². The van der Waals surface area contributed by atoms with E-state index in [1.54, 1.807) is 12.2 Å². The molecule has 0 nitrogen and oxygen atoms in total. The maximum atomic E-state index is 3.56. The molecule has 0 aromatic heterocycles. The van der Waals surface area contributed by atoms with Gasteiger partial charge in [-0.25, -0.2) is 0 Å². The van der Waals surface area contributed by atoms with E-state index < -0.39 is 0 Å². The van der Waals surface area contributed by atoms with Gasteiger partial charge >= 0.3 is 0 Å². The summed E-state index contributed by atoms with van der Waals surface area (Å²) in [5.41, 5.74) is 4.03. The first-order chi connectivity index (χ1) is 11.2. The van der Waals surface area contributed by atoms with Crippen molar-refractivity contribution in [3.63, 3.8) is 0 Å². The number of benzene rings is 2. The largest absolute Gasteiger partial charge is 0.0991 e. The Kier molecular flexibility index (Phi) is 9.16. The van der Waals surface area contributed by atoms with Crippen molar-refractivity contribution in [3.05, 3.63) is 109 Å². The van der Waals surface area contributed by atoms with E-state index in [0.29, 0.717) is 5.92 Å². The average molecular weight is 304 g/mol. The molecule has 1 atom stereocenters. The van der Waals surface area contributed by atoms with Gasteiger partial charge in [-0.05, 0) is 36.8 Å². The van der Waals surface area contributed by atoms with Crippen molar-refractivity contribution < 1.29 is 0 Å². The summed E-state index contributed by atoms with van der Waals surface area (Å²) in [7, 11) is 0. The molecule has 1 unspecified atom stereocenters. The van der Waals surface area contributed by atoms with Gasteiger partial charge in [-0.2, -0.15) is 0 Å². The summed E-state index contributed by atoms with van der Waals surface area (Å²) in [6, 6.07) is 21.5. The standard InChI is InChI=1S/C16H18.C7H10/c1-14(16-10-6-3-7-11-16)12-13-15-8-4-2-5-9-15;1-4-6-7(3)5-2/h2-11,14H,12-13H2,1H3;4-6H,1-2H2,3H3/b;7-6-. The van der Waals surface area contributed by atoms with Crippen molar-refractivity contribution in [2.24, 2.45) is 0 Å². The highest BCUT2D eigenvalue weighted by Gasteiger charge is 2.04. The molecular formula is C23H28. The number of hydrogen-bond acceptors (Lipinski definition) is 0. The van der Waals surface area contributed by atoms with Crippen LogP contribution in [0.2, 0.25) is 0 Å². The molecule has 23 heavy (non-hydrogen) atoms. The normalized spacial score (nSPS) is 11.8. The lowest BCUT2D eigenvalue weighted by Gasteiger charge is -2.11. The van der Waals surface area contributed by atoms with Gasteiger partial charge < -0.3 is 0 Å². The molecule has 0 N–H and O–H groups in total. The highest BCUT2D eigenvalue weighted by molar-refractivity contribution is 5.20. The quantitative estimate of drug-likeness (QED) is 0.519. The Morgan fingerprint density at radius 1 is 0.957 bits per heavy atom. The molecule has 0 aliphatic heterocycles. The first-order valence-electron chi connectivity index (χ1n) is 8.18. The summed E-state index contributed by atoms with van der Waals surface area (Å²) in [6.45, 7) is 11.4. The molecule has 0 fully saturated rings. The molecule has 0 amide bonds. The van der Waals surface area contributed by atoms with E-state index >= 15 is 0 Å². The van der Waals surface area contributed by atoms with Gasteiger partial charge in [-0.3, -0.25) is 0 Å². The van der Waals surface area contributed by atoms with Crippen molar-refractivity contribution >= 4 is 0 Å². The Balaban J connectivity index is 0.000000322. The van der Waals surface area contributed by atoms with Crippen LogP contribution < -0.4 is 0 Å². The highest BCUT2D eigenvalue weighted by atomic mass is 14.1. The molecule has 0 saturated carbocycles. The second-order valence-corrected chi connectivity index (χ2v) is 5.69. The fourth-order valence-corrected chi connectivity index (χ4v) is 2.23. The van der Waals surface area contributed by atoms with Gasteiger partial charge in [0.05, 0.1) is 0 Å². The molecule has 2 aromatic rings. The molecule has 0 bridgehead atoms. The summed E-state index contributed by atoms with van der Waals surface area (Å²) < 4.78 is 0. The zero-order valence-electron chi connectivity index (χ0n) is 14.4. The van der Waals surface area contributed by atoms with E-state index in [1.165, 1.54) is 17.5 Å². The molecular weight excluding hydrogens is 276 g/mol. The molecule has 0 saturated heterocycles. The number of rotatable bonds is 6. The summed E-state index contributed by atoms with van der Waals surface area (Å²) in [6.07, 6.45) is 7.83. The number of aryl methyl sites for hydroxylation is 1. The van der Waals surface area contributed by atoms with Gasteiger partial charge in [0, 0.05) is 0 Å². The second kappa shape index (κ2) is 11.3. The average Bonchev–Trinajstić information content (AvgIpc) is 2.62. The fraction of sp³-hybridized carbons (Fsp3) is 0.217. The zero-order chi connectivity index (χ0) is 16.9. The van der Waals surface area contributed by atoms with Gasteiger partial charge in [0.25, 0.3) is 0 Å². The monoisotopic (exact) mass is 304 g/mol. The van der Waals surface area contributed by atoms with E-state index in [0.717, 1.165) is 12.0 Å². The Morgan fingerprint density at radius 3 is 2.00 bits per heavy atom. The van der Waals surface area contributed by atoms with Crippen LogP contribution in [0.3, 0.4) is 0 Å². The maximum Gasteiger partial charge on any atom is -0.0187 e. The number of hydrogen-bond donors (Lipinski definition) is 0. The van der Waals surface area contributed by atoms with Gasteiger partial charge in [0.1, 0.15) is 0 Å². The van der Waals surface area contributed by atoms with Gasteiger partial charge in [0.15, 0.2) is 0 Å². The van der Waals surface area contributed by atoms with Crippen LogP contribution in [0.1, 0.15) is 37.3 Å². The topological polar surface area (TPSA) is 0 Å². The molecule has 0 heterocycles. The molecule has 0 aliphatic carbocycles. The van der Waals surface area contributed by atoms with Crippen LogP contribution in [0.5, 0.6) is 0 Å². The van der Waals surface area contributed by atoms with Gasteiger partial charge in [0.2, 0.25) is 0 Å². The van der Waals surface area contributed by atoms with E-state index in [1.807, 2.05) is 13.0 Å². The summed E-state index contributed by atoms with van der Waals surface area (Å²) in [5, 5.41) is 0. The van der Waals surface area contributed by atoms with Crippen LogP contribution in [-0.4, -0.2) is 0 Å². The Hall–Kier alpha value is -2.34. The van der Waals surface area contributed by atoms with Crippen molar-refractivity contribution in [2.75, 3.05) is 0 Å². The molecule has 0 aliphatic rings. The van der Waals surface area contributed by atoms with E-state index in [9.17, 15) is 0 Å². The lowest BCUT2D eigenvalue weighted by molar-refractivity contribution is 0.679. The second-order valence-electron chi connectivity index (χ2n) is 5.69. The third kappa shape index (κ3) is 8.01. The van der Waals surface area contributed by atoms with Crippen LogP contribution >= 0.6 is 0 Å². The van der Waals surface area contributed by atoms with Crippen molar-refractivity contribution in [2.45, 2.75) is 32.6 Å². The third-order valence-corrected chi connectivity index (χ3v) is 3.78. The smallest absolute Gasteiger partial charge is 0.0187 e. The van der Waals surface area contributed by atoms with Crippen molar-refractivity contribution in [1.82, 2.24) is 0 Å². The zero-order valence-corrected chi connectivity index (χ0v) is 14.4. The first kappa shape index (κ1) is 18.7. The van der Waals surface area contributed by atoms with Gasteiger partial charge in [-0.1, -0.05) is 105 Å². The Bertz CT molecular complexity index is 590. The molecule has 2 rings (SSSR count). The lowest BCUT2D eigenvalue weighted by atomic mass is 9.94. The van der Waals surface area contributed by atoms with Crippen molar-refractivity contribution in [1.29, 1.82) is 0 Å². The van der Waals surface area contributed by atoms with Crippen LogP contribution in [-0.2, 0) is 6.42 Å². The minimum absolute atomic E-state index is 0.640. The summed E-state index contributed by atoms with van der Waals surface area (Å²) in [5.74, 6) is 0.640. The fourth-order valence-electron chi connectivity index (χ4n) is 2.23. The van der Waals surface area contributed by atoms with Crippen LogP contribution in [0.4, 0.5) is 0 Å². The van der Waals surface area contributed by atoms with E-state index in [-0.39, 0.29) is 0 Å². The Morgan fingerprint density at radius 2 is 1.52 bits per heavy atom. The summed E-state index contributed by atoms with van der Waals surface area (Å²) >= 11 is 0. The number of allylic oxidation sites excluding steroid dienone is 4. The van der Waals surface area contributed by atoms with Crippen LogP contribution in [0.25, 0.3) is 0 Å². The molecule has 0 radical (unpaired) electrons. The predicted octanol–water partition coefficient (Wildman–Crippen LogP) is 6.73.